The highest BCUT2D eigenvalue weighted by atomic mass is 16.7. The van der Waals surface area contributed by atoms with E-state index in [2.05, 4.69) is 6.58 Å². The van der Waals surface area contributed by atoms with Gasteiger partial charge in [0, 0.05) is 32.1 Å². The van der Waals surface area contributed by atoms with E-state index in [9.17, 15) is 14.4 Å². The number of anilines is 1. The standard InChI is InChI=1S/C27H36N2O8/c1-3-4-10-23(30)29-20-17-22(35-15-8-11-24(31)32)21(34-2)16-18(20)26(33)28-13-7-9-19(28)27(29)37-25-12-5-6-14-36-25/h3,16-17,19,25,27H,1,4-15H2,2H3,(H,31,32)/t19-,25?,27?/m0/s1. The van der Waals surface area contributed by atoms with Gasteiger partial charge in [-0.1, -0.05) is 6.08 Å². The Morgan fingerprint density at radius 2 is 2.03 bits per heavy atom. The molecule has 10 nitrogen and oxygen atoms in total. The quantitative estimate of drug-likeness (QED) is 0.350. The van der Waals surface area contributed by atoms with Gasteiger partial charge in [0.1, 0.15) is 0 Å². The van der Waals surface area contributed by atoms with E-state index in [0.29, 0.717) is 55.2 Å². The van der Waals surface area contributed by atoms with E-state index in [-0.39, 0.29) is 37.3 Å². The summed E-state index contributed by atoms with van der Waals surface area (Å²) in [5.74, 6) is -0.620. The fourth-order valence-electron chi connectivity index (χ4n) is 5.15. The van der Waals surface area contributed by atoms with Gasteiger partial charge < -0.3 is 29.0 Å². The molecule has 4 rings (SSSR count). The fourth-order valence-corrected chi connectivity index (χ4v) is 5.15. The van der Waals surface area contributed by atoms with Gasteiger partial charge in [0.25, 0.3) is 5.91 Å². The third kappa shape index (κ3) is 6.07. The average molecular weight is 517 g/mol. The number of fused-ring (bicyclic) bond motifs is 2. The summed E-state index contributed by atoms with van der Waals surface area (Å²) >= 11 is 0. The van der Waals surface area contributed by atoms with Crippen molar-refractivity contribution < 1.29 is 38.4 Å². The predicted molar refractivity (Wildman–Crippen MR) is 135 cm³/mol. The van der Waals surface area contributed by atoms with Crippen molar-refractivity contribution in [3.63, 3.8) is 0 Å². The molecule has 0 aromatic heterocycles. The van der Waals surface area contributed by atoms with Crippen LogP contribution in [0.25, 0.3) is 0 Å². The molecule has 3 atom stereocenters. The second kappa shape index (κ2) is 12.4. The third-order valence-corrected chi connectivity index (χ3v) is 6.97. The first kappa shape index (κ1) is 26.9. The number of allylic oxidation sites excluding steroid dienone is 1. The summed E-state index contributed by atoms with van der Waals surface area (Å²) in [6, 6.07) is 2.93. The van der Waals surface area contributed by atoms with Crippen LogP contribution in [0, 0.1) is 0 Å². The number of carbonyl (C=O) groups is 3. The molecule has 202 valence electrons. The fraction of sp³-hybridized carbons (Fsp3) is 0.593. The van der Waals surface area contributed by atoms with Crippen LogP contribution in [0.15, 0.2) is 24.8 Å². The molecule has 2 unspecified atom stereocenters. The molecule has 2 fully saturated rings. The molecule has 1 aromatic rings. The van der Waals surface area contributed by atoms with Gasteiger partial charge in [0.2, 0.25) is 5.91 Å². The lowest BCUT2D eigenvalue weighted by Crippen LogP contribution is -2.54. The van der Waals surface area contributed by atoms with Gasteiger partial charge in [-0.25, -0.2) is 0 Å². The number of carboxylic acids is 1. The Morgan fingerprint density at radius 3 is 2.73 bits per heavy atom. The Kier molecular flexibility index (Phi) is 9.04. The maximum atomic E-state index is 13.8. The summed E-state index contributed by atoms with van der Waals surface area (Å²) in [7, 11) is 1.48. The van der Waals surface area contributed by atoms with Crippen molar-refractivity contribution in [3.05, 3.63) is 30.4 Å². The number of methoxy groups -OCH3 is 1. The molecule has 3 aliphatic rings. The first-order chi connectivity index (χ1) is 17.9. The zero-order valence-electron chi connectivity index (χ0n) is 21.4. The van der Waals surface area contributed by atoms with Crippen molar-refractivity contribution in [1.82, 2.24) is 4.90 Å². The normalized spacial score (nSPS) is 23.2. The van der Waals surface area contributed by atoms with Crippen LogP contribution < -0.4 is 14.4 Å². The molecule has 0 aliphatic carbocycles. The zero-order chi connectivity index (χ0) is 26.4. The molecule has 0 radical (unpaired) electrons. The Bertz CT molecular complexity index is 1010. The zero-order valence-corrected chi connectivity index (χ0v) is 21.4. The number of carboxylic acid groups (broad SMARTS) is 1. The molecule has 1 N–H and O–H groups in total. The van der Waals surface area contributed by atoms with Crippen molar-refractivity contribution in [2.45, 2.75) is 76.3 Å². The third-order valence-electron chi connectivity index (χ3n) is 6.97. The maximum absolute atomic E-state index is 13.8. The van der Waals surface area contributed by atoms with E-state index in [4.69, 9.17) is 24.1 Å². The van der Waals surface area contributed by atoms with Crippen LogP contribution >= 0.6 is 0 Å². The summed E-state index contributed by atoms with van der Waals surface area (Å²) in [4.78, 5) is 41.8. The number of ether oxygens (including phenoxy) is 4. The Morgan fingerprint density at radius 1 is 1.19 bits per heavy atom. The van der Waals surface area contributed by atoms with Gasteiger partial charge in [-0.15, -0.1) is 6.58 Å². The van der Waals surface area contributed by atoms with Crippen LogP contribution in [0.1, 0.15) is 68.1 Å². The monoisotopic (exact) mass is 516 g/mol. The highest BCUT2D eigenvalue weighted by molar-refractivity contribution is 6.07. The first-order valence-electron chi connectivity index (χ1n) is 13.0. The van der Waals surface area contributed by atoms with Crippen molar-refractivity contribution in [2.75, 3.05) is 31.8 Å². The minimum atomic E-state index is -0.910. The van der Waals surface area contributed by atoms with E-state index in [1.165, 1.54) is 7.11 Å². The average Bonchev–Trinajstić information content (AvgIpc) is 3.36. The minimum absolute atomic E-state index is 0.0359. The Balaban J connectivity index is 1.76. The molecule has 2 amide bonds. The Labute approximate surface area is 217 Å². The van der Waals surface area contributed by atoms with Crippen molar-refractivity contribution in [1.29, 1.82) is 0 Å². The highest BCUT2D eigenvalue weighted by Crippen LogP contribution is 2.42. The summed E-state index contributed by atoms with van der Waals surface area (Å²) < 4.78 is 23.8. The Hall–Kier alpha value is -3.11. The smallest absolute Gasteiger partial charge is 0.303 e. The van der Waals surface area contributed by atoms with Gasteiger partial charge in [0.15, 0.2) is 24.0 Å². The van der Waals surface area contributed by atoms with Crippen LogP contribution in [0.3, 0.4) is 0 Å². The number of carbonyl (C=O) groups excluding carboxylic acids is 2. The van der Waals surface area contributed by atoms with Crippen molar-refractivity contribution in [2.24, 2.45) is 0 Å². The van der Waals surface area contributed by atoms with E-state index in [1.807, 2.05) is 0 Å². The number of hydrogen-bond donors (Lipinski definition) is 1. The molecular formula is C27H36N2O8. The summed E-state index contributed by atoms with van der Waals surface area (Å²) in [6.45, 7) is 5.05. The molecule has 0 spiro atoms. The van der Waals surface area contributed by atoms with Gasteiger partial charge in [-0.05, 0) is 51.0 Å². The largest absolute Gasteiger partial charge is 0.493 e. The van der Waals surface area contributed by atoms with Crippen molar-refractivity contribution >= 4 is 23.5 Å². The van der Waals surface area contributed by atoms with E-state index in [1.54, 1.807) is 28.0 Å². The number of hydrogen-bond acceptors (Lipinski definition) is 7. The van der Waals surface area contributed by atoms with Crippen LogP contribution in [0.2, 0.25) is 0 Å². The number of benzene rings is 1. The van der Waals surface area contributed by atoms with Gasteiger partial charge in [-0.3, -0.25) is 19.3 Å². The molecule has 0 bridgehead atoms. The lowest BCUT2D eigenvalue weighted by molar-refractivity contribution is -0.197. The molecule has 37 heavy (non-hydrogen) atoms. The van der Waals surface area contributed by atoms with E-state index >= 15 is 0 Å². The molecule has 10 heteroatoms. The molecule has 2 saturated heterocycles. The molecular weight excluding hydrogens is 480 g/mol. The molecule has 0 saturated carbocycles. The second-order valence-corrected chi connectivity index (χ2v) is 9.49. The number of rotatable bonds is 11. The minimum Gasteiger partial charge on any atom is -0.493 e. The SMILES string of the molecule is C=CCCC(=O)N1c2cc(OCCCC(=O)O)c(OC)cc2C(=O)N2CCC[C@H]2C1OC1CCCCO1. The van der Waals surface area contributed by atoms with Crippen LogP contribution in [0.4, 0.5) is 5.69 Å². The van der Waals surface area contributed by atoms with E-state index < -0.39 is 18.5 Å². The van der Waals surface area contributed by atoms with Crippen LogP contribution in [0.5, 0.6) is 11.5 Å². The summed E-state index contributed by atoms with van der Waals surface area (Å²) in [5.41, 5.74) is 0.729. The summed E-state index contributed by atoms with van der Waals surface area (Å²) in [6.07, 6.45) is 5.63. The second-order valence-electron chi connectivity index (χ2n) is 9.49. The van der Waals surface area contributed by atoms with Gasteiger partial charge in [0.05, 0.1) is 31.0 Å². The van der Waals surface area contributed by atoms with Crippen molar-refractivity contribution in [3.8, 4) is 11.5 Å². The van der Waals surface area contributed by atoms with E-state index in [0.717, 1.165) is 25.7 Å². The number of aliphatic carboxylic acids is 1. The lowest BCUT2D eigenvalue weighted by Gasteiger charge is -2.38. The number of nitrogens with zero attached hydrogens (tertiary/aromatic N) is 2. The maximum Gasteiger partial charge on any atom is 0.303 e. The lowest BCUT2D eigenvalue weighted by atomic mass is 10.1. The summed E-state index contributed by atoms with van der Waals surface area (Å²) in [5, 5.41) is 8.94. The predicted octanol–water partition coefficient (Wildman–Crippen LogP) is 3.73. The topological polar surface area (TPSA) is 115 Å². The molecule has 1 aromatic carbocycles. The van der Waals surface area contributed by atoms with Gasteiger partial charge in [-0.2, -0.15) is 0 Å². The molecule has 3 heterocycles. The number of amides is 2. The van der Waals surface area contributed by atoms with Crippen LogP contribution in [-0.4, -0.2) is 73.2 Å². The van der Waals surface area contributed by atoms with Crippen LogP contribution in [-0.2, 0) is 19.1 Å². The first-order valence-corrected chi connectivity index (χ1v) is 13.0. The molecule has 3 aliphatic heterocycles. The van der Waals surface area contributed by atoms with Gasteiger partial charge >= 0.3 is 5.97 Å². The highest BCUT2D eigenvalue weighted by Gasteiger charge is 2.47.